The summed E-state index contributed by atoms with van der Waals surface area (Å²) < 4.78 is 0. The van der Waals surface area contributed by atoms with Gasteiger partial charge in [-0.05, 0) is 19.1 Å². The summed E-state index contributed by atoms with van der Waals surface area (Å²) in [5.74, 6) is -1.34. The average Bonchev–Trinajstić information content (AvgIpc) is 2.60. The molecule has 0 bridgehead atoms. The second-order valence-corrected chi connectivity index (χ2v) is 4.38. The van der Waals surface area contributed by atoms with Crippen molar-refractivity contribution in [3.63, 3.8) is 0 Å². The molecule has 6 heteroatoms. The van der Waals surface area contributed by atoms with E-state index in [1.54, 1.807) is 31.2 Å². The van der Waals surface area contributed by atoms with Gasteiger partial charge in [-0.2, -0.15) is 5.10 Å². The van der Waals surface area contributed by atoms with E-state index in [1.165, 1.54) is 0 Å². The number of nitrogens with zero attached hydrogens (tertiary/aromatic N) is 1. The molecule has 92 valence electrons. The van der Waals surface area contributed by atoms with Crippen LogP contribution in [0.5, 0.6) is 0 Å². The monoisotopic (exact) mass is 261 g/mol. The van der Waals surface area contributed by atoms with Gasteiger partial charge in [0, 0.05) is 11.1 Å². The van der Waals surface area contributed by atoms with Crippen LogP contribution < -0.4 is 11.2 Å². The van der Waals surface area contributed by atoms with Crippen LogP contribution in [0.25, 0.3) is 0 Å². The van der Waals surface area contributed by atoms with Crippen molar-refractivity contribution >= 4 is 34.6 Å². The van der Waals surface area contributed by atoms with Crippen molar-refractivity contribution < 1.29 is 9.59 Å². The Morgan fingerprint density at radius 1 is 1.28 bits per heavy atom. The molecule has 0 fully saturated rings. The van der Waals surface area contributed by atoms with Crippen LogP contribution in [0.15, 0.2) is 29.4 Å². The van der Waals surface area contributed by atoms with E-state index >= 15 is 0 Å². The van der Waals surface area contributed by atoms with Crippen molar-refractivity contribution in [2.45, 2.75) is 6.92 Å². The van der Waals surface area contributed by atoms with Gasteiger partial charge >= 0.3 is 0 Å². The third-order valence-corrected chi connectivity index (χ3v) is 2.83. The Balaban J connectivity index is 2.34. The van der Waals surface area contributed by atoms with Crippen LogP contribution in [-0.2, 0) is 0 Å². The van der Waals surface area contributed by atoms with Gasteiger partial charge in [-0.3, -0.25) is 15.0 Å². The van der Waals surface area contributed by atoms with Crippen LogP contribution in [0.2, 0.25) is 0 Å². The van der Waals surface area contributed by atoms with E-state index in [1.807, 2.05) is 0 Å². The number of nitrogens with one attached hydrogen (secondary N) is 1. The highest BCUT2D eigenvalue weighted by molar-refractivity contribution is 7.80. The van der Waals surface area contributed by atoms with Gasteiger partial charge < -0.3 is 5.73 Å². The summed E-state index contributed by atoms with van der Waals surface area (Å²) in [7, 11) is 0. The lowest BCUT2D eigenvalue weighted by atomic mass is 9.99. The molecule has 0 radical (unpaired) electrons. The molecular formula is C12H11N3O2S. The summed E-state index contributed by atoms with van der Waals surface area (Å²) in [5, 5.41) is 3.84. The van der Waals surface area contributed by atoms with Crippen LogP contribution in [0.3, 0.4) is 0 Å². The number of carbonyl (C=O) groups excluding carboxylic acids is 2. The Morgan fingerprint density at radius 2 is 1.78 bits per heavy atom. The van der Waals surface area contributed by atoms with Gasteiger partial charge in [0.25, 0.3) is 0 Å². The zero-order valence-corrected chi connectivity index (χ0v) is 10.5. The smallest absolute Gasteiger partial charge is 0.184 e. The number of thiocarbonyl (C=S) groups is 1. The molecule has 1 aliphatic rings. The second-order valence-electron chi connectivity index (χ2n) is 3.94. The first-order chi connectivity index (χ1) is 8.52. The van der Waals surface area contributed by atoms with Crippen molar-refractivity contribution in [1.29, 1.82) is 0 Å². The number of hydrogen-bond acceptors (Lipinski definition) is 4. The van der Waals surface area contributed by atoms with Crippen molar-refractivity contribution in [2.24, 2.45) is 16.8 Å². The molecule has 0 heterocycles. The molecule has 0 saturated heterocycles. The topological polar surface area (TPSA) is 84.5 Å². The largest absolute Gasteiger partial charge is 0.375 e. The number of Topliss-reactive ketones (excluding diaryl/α,β-unsaturated/α-hetero) is 2. The number of fused-ring (bicyclic) bond motifs is 1. The number of hydrazone groups is 1. The number of ketones is 2. The first-order valence-corrected chi connectivity index (χ1v) is 5.70. The molecule has 18 heavy (non-hydrogen) atoms. The Kier molecular flexibility index (Phi) is 3.20. The lowest BCUT2D eigenvalue weighted by Crippen LogP contribution is -2.29. The maximum atomic E-state index is 12.1. The zero-order chi connectivity index (χ0) is 13.3. The van der Waals surface area contributed by atoms with Gasteiger partial charge in [0.1, 0.15) is 5.92 Å². The SMILES string of the molecule is C/C(=N\NC(N)=S)C1C(=O)c2ccccc2C1=O. The van der Waals surface area contributed by atoms with E-state index in [0.717, 1.165) is 0 Å². The molecular weight excluding hydrogens is 250 g/mol. The zero-order valence-electron chi connectivity index (χ0n) is 9.64. The Bertz CT molecular complexity index is 545. The van der Waals surface area contributed by atoms with Crippen molar-refractivity contribution in [3.8, 4) is 0 Å². The van der Waals surface area contributed by atoms with Crippen LogP contribution >= 0.6 is 12.2 Å². The molecule has 0 atom stereocenters. The first-order valence-electron chi connectivity index (χ1n) is 5.29. The second kappa shape index (κ2) is 4.66. The lowest BCUT2D eigenvalue weighted by molar-refractivity contribution is 0.0883. The third-order valence-electron chi connectivity index (χ3n) is 2.74. The van der Waals surface area contributed by atoms with Gasteiger partial charge in [-0.25, -0.2) is 0 Å². The summed E-state index contributed by atoms with van der Waals surface area (Å²) in [5.41, 5.74) is 8.86. The quantitative estimate of drug-likeness (QED) is 0.357. The van der Waals surface area contributed by atoms with Gasteiger partial charge in [-0.15, -0.1) is 0 Å². The molecule has 0 amide bonds. The molecule has 1 aliphatic carbocycles. The van der Waals surface area contributed by atoms with Crippen LogP contribution in [0, 0.1) is 5.92 Å². The Morgan fingerprint density at radius 3 is 2.22 bits per heavy atom. The van der Waals surface area contributed by atoms with Gasteiger partial charge in [-0.1, -0.05) is 24.3 Å². The molecule has 5 nitrogen and oxygen atoms in total. The predicted octanol–water partition coefficient (Wildman–Crippen LogP) is 0.891. The highest BCUT2D eigenvalue weighted by Crippen LogP contribution is 2.27. The lowest BCUT2D eigenvalue weighted by Gasteiger charge is -2.06. The fourth-order valence-electron chi connectivity index (χ4n) is 1.93. The van der Waals surface area contributed by atoms with Crippen molar-refractivity contribution in [3.05, 3.63) is 35.4 Å². The molecule has 0 unspecified atom stereocenters. The maximum absolute atomic E-state index is 12.1. The third kappa shape index (κ3) is 2.02. The number of rotatable bonds is 2. The number of hydrogen-bond donors (Lipinski definition) is 2. The highest BCUT2D eigenvalue weighted by atomic mass is 32.1. The van der Waals surface area contributed by atoms with E-state index in [0.29, 0.717) is 16.8 Å². The number of benzene rings is 1. The highest BCUT2D eigenvalue weighted by Gasteiger charge is 2.40. The molecule has 0 aliphatic heterocycles. The first kappa shape index (κ1) is 12.4. The molecule has 0 saturated carbocycles. The molecule has 0 aromatic heterocycles. The normalized spacial score (nSPS) is 15.7. The fraction of sp³-hybridized carbons (Fsp3) is 0.167. The summed E-state index contributed by atoms with van der Waals surface area (Å²) in [4.78, 5) is 24.2. The minimum Gasteiger partial charge on any atom is -0.375 e. The Hall–Kier alpha value is -2.08. The van der Waals surface area contributed by atoms with E-state index in [2.05, 4.69) is 22.7 Å². The molecule has 2 rings (SSSR count). The minimum atomic E-state index is -0.871. The predicted molar refractivity (Wildman–Crippen MR) is 71.6 cm³/mol. The van der Waals surface area contributed by atoms with E-state index < -0.39 is 5.92 Å². The summed E-state index contributed by atoms with van der Waals surface area (Å²) in [6.45, 7) is 1.59. The van der Waals surface area contributed by atoms with Crippen molar-refractivity contribution in [1.82, 2.24) is 5.43 Å². The average molecular weight is 261 g/mol. The summed E-state index contributed by atoms with van der Waals surface area (Å²) in [6, 6.07) is 6.74. The van der Waals surface area contributed by atoms with E-state index in [9.17, 15) is 9.59 Å². The Labute approximate surface area is 109 Å². The van der Waals surface area contributed by atoms with Gasteiger partial charge in [0.05, 0.1) is 5.71 Å². The van der Waals surface area contributed by atoms with Gasteiger partial charge in [0.15, 0.2) is 16.7 Å². The molecule has 3 N–H and O–H groups in total. The van der Waals surface area contributed by atoms with E-state index in [4.69, 9.17) is 5.73 Å². The van der Waals surface area contributed by atoms with Crippen LogP contribution in [0.1, 0.15) is 27.6 Å². The summed E-state index contributed by atoms with van der Waals surface area (Å²) in [6.07, 6.45) is 0. The van der Waals surface area contributed by atoms with Gasteiger partial charge in [0.2, 0.25) is 0 Å². The molecule has 0 spiro atoms. The van der Waals surface area contributed by atoms with E-state index in [-0.39, 0.29) is 16.7 Å². The number of nitrogens with two attached hydrogens (primary N) is 1. The molecule has 1 aromatic carbocycles. The minimum absolute atomic E-state index is 0.00948. The van der Waals surface area contributed by atoms with Crippen LogP contribution in [0.4, 0.5) is 0 Å². The standard InChI is InChI=1S/C12H11N3O2S/c1-6(14-15-12(13)18)9-10(16)7-4-2-3-5-8(7)11(9)17/h2-5,9H,1H3,(H3,13,15,18)/b14-6+. The number of carbonyl (C=O) groups is 2. The van der Waals surface area contributed by atoms with Crippen molar-refractivity contribution in [2.75, 3.05) is 0 Å². The fourth-order valence-corrected chi connectivity index (χ4v) is 1.98. The summed E-state index contributed by atoms with van der Waals surface area (Å²) >= 11 is 4.61. The maximum Gasteiger partial charge on any atom is 0.184 e. The van der Waals surface area contributed by atoms with Crippen LogP contribution in [-0.4, -0.2) is 22.4 Å². The molecule has 1 aromatic rings.